The van der Waals surface area contributed by atoms with Crippen LogP contribution in [0.2, 0.25) is 0 Å². The fourth-order valence-corrected chi connectivity index (χ4v) is 6.00. The van der Waals surface area contributed by atoms with E-state index < -0.39 is 17.9 Å². The maximum absolute atomic E-state index is 13.5. The summed E-state index contributed by atoms with van der Waals surface area (Å²) in [6.07, 6.45) is 3.11. The van der Waals surface area contributed by atoms with Crippen molar-refractivity contribution >= 4 is 35.1 Å². The van der Waals surface area contributed by atoms with E-state index in [1.807, 2.05) is 42.2 Å². The van der Waals surface area contributed by atoms with Crippen molar-refractivity contribution in [3.63, 3.8) is 0 Å². The maximum Gasteiger partial charge on any atom is 0.305 e. The number of anilines is 2. The smallest absolute Gasteiger partial charge is 0.305 e. The molecule has 0 bridgehead atoms. The number of nitrogens with zero attached hydrogens (tertiary/aromatic N) is 2. The van der Waals surface area contributed by atoms with Gasteiger partial charge in [-0.2, -0.15) is 0 Å². The first-order valence-corrected chi connectivity index (χ1v) is 15.7. The molecule has 0 radical (unpaired) electrons. The van der Waals surface area contributed by atoms with Crippen molar-refractivity contribution in [3.05, 3.63) is 82.9 Å². The zero-order chi connectivity index (χ0) is 32.2. The van der Waals surface area contributed by atoms with Gasteiger partial charge in [0.15, 0.2) is 11.5 Å². The van der Waals surface area contributed by atoms with E-state index in [1.165, 1.54) is 0 Å². The number of carboxylic acid groups (broad SMARTS) is 1. The minimum atomic E-state index is -1.03. The van der Waals surface area contributed by atoms with Crippen molar-refractivity contribution in [2.75, 3.05) is 43.2 Å². The molecule has 2 aliphatic heterocycles. The number of rotatable bonds is 9. The van der Waals surface area contributed by atoms with Crippen LogP contribution < -0.4 is 25.0 Å². The predicted molar refractivity (Wildman–Crippen MR) is 171 cm³/mol. The zero-order valence-corrected chi connectivity index (χ0v) is 25.8. The summed E-state index contributed by atoms with van der Waals surface area (Å²) in [6, 6.07) is 17.0. The van der Waals surface area contributed by atoms with Crippen molar-refractivity contribution < 1.29 is 33.8 Å². The molecule has 2 fully saturated rings. The van der Waals surface area contributed by atoms with Crippen LogP contribution in [-0.4, -0.2) is 66.7 Å². The molecule has 0 spiro atoms. The first-order valence-electron chi connectivity index (χ1n) is 15.7. The van der Waals surface area contributed by atoms with E-state index in [0.717, 1.165) is 30.5 Å². The van der Waals surface area contributed by atoms with E-state index in [2.05, 4.69) is 15.5 Å². The topological polar surface area (TPSA) is 138 Å². The Bertz CT molecular complexity index is 1640. The van der Waals surface area contributed by atoms with E-state index in [9.17, 15) is 24.3 Å². The third-order valence-electron chi connectivity index (χ3n) is 8.90. The van der Waals surface area contributed by atoms with Gasteiger partial charge in [-0.3, -0.25) is 19.2 Å². The molecular formula is C35H38N4O7. The van der Waals surface area contributed by atoms with Gasteiger partial charge in [0, 0.05) is 43.2 Å². The van der Waals surface area contributed by atoms with Crippen LogP contribution in [0.5, 0.6) is 11.5 Å². The van der Waals surface area contributed by atoms with Crippen LogP contribution >= 0.6 is 0 Å². The van der Waals surface area contributed by atoms with Crippen molar-refractivity contribution in [1.29, 1.82) is 0 Å². The summed E-state index contributed by atoms with van der Waals surface area (Å²) in [6.45, 7) is 4.30. The van der Waals surface area contributed by atoms with E-state index in [4.69, 9.17) is 9.47 Å². The number of hydrogen-bond donors (Lipinski definition) is 3. The van der Waals surface area contributed by atoms with Crippen molar-refractivity contribution in [3.8, 4) is 11.5 Å². The fraction of sp³-hybridized carbons (Fsp3) is 0.371. The molecule has 0 aromatic heterocycles. The standard InChI is InChI=1S/C35H38N4O7/c1-22-6-8-23(9-7-22)27(20-32(40)41)36-34(43)25-10-12-29(28(18-25)37-33(42)24-4-2-5-24)38-14-3-15-39(17-16-38)35(44)26-11-13-30-31(19-26)46-21-45-30/h6-13,18-19,24,27H,2-5,14-17,20-21H2,1H3,(H,36,43)(H,37,42)(H,40,41). The second kappa shape index (κ2) is 13.5. The van der Waals surface area contributed by atoms with Crippen molar-refractivity contribution in [2.45, 2.75) is 45.1 Å². The minimum absolute atomic E-state index is 0.0641. The average Bonchev–Trinajstić information content (AvgIpc) is 3.35. The Hall–Kier alpha value is -5.06. The first kappa shape index (κ1) is 30.9. The Morgan fingerprint density at radius 3 is 2.37 bits per heavy atom. The zero-order valence-electron chi connectivity index (χ0n) is 25.8. The van der Waals surface area contributed by atoms with Gasteiger partial charge in [0.2, 0.25) is 12.7 Å². The number of aliphatic carboxylic acids is 1. The lowest BCUT2D eigenvalue weighted by molar-refractivity contribution is -0.137. The van der Waals surface area contributed by atoms with Gasteiger partial charge in [-0.25, -0.2) is 0 Å². The van der Waals surface area contributed by atoms with Gasteiger partial charge in [-0.1, -0.05) is 36.2 Å². The fourth-order valence-electron chi connectivity index (χ4n) is 6.00. The predicted octanol–water partition coefficient (Wildman–Crippen LogP) is 4.76. The SMILES string of the molecule is Cc1ccc(C(CC(=O)O)NC(=O)c2ccc(N3CCCN(C(=O)c4ccc5c(c4)OCO5)CC3)c(NC(=O)C3CCC3)c2)cc1. The molecule has 11 nitrogen and oxygen atoms in total. The van der Waals surface area contributed by atoms with Crippen molar-refractivity contribution in [1.82, 2.24) is 10.2 Å². The number of carbonyl (C=O) groups is 4. The van der Waals surface area contributed by atoms with Crippen LogP contribution in [-0.2, 0) is 9.59 Å². The second-order valence-electron chi connectivity index (χ2n) is 12.1. The summed E-state index contributed by atoms with van der Waals surface area (Å²) in [4.78, 5) is 55.6. The molecule has 1 atom stereocenters. The Morgan fingerprint density at radius 1 is 0.870 bits per heavy atom. The number of hydrogen-bond acceptors (Lipinski definition) is 7. The van der Waals surface area contributed by atoms with Crippen LogP contribution in [0.4, 0.5) is 11.4 Å². The maximum atomic E-state index is 13.5. The number of carboxylic acids is 1. The monoisotopic (exact) mass is 626 g/mol. The normalized spacial score (nSPS) is 16.6. The molecule has 3 aromatic carbocycles. The lowest BCUT2D eigenvalue weighted by Crippen LogP contribution is -2.35. The molecular weight excluding hydrogens is 588 g/mol. The summed E-state index contributed by atoms with van der Waals surface area (Å²) < 4.78 is 10.8. The summed E-state index contributed by atoms with van der Waals surface area (Å²) in [5.74, 6) is -0.509. The van der Waals surface area contributed by atoms with Crippen LogP contribution in [0.3, 0.4) is 0 Å². The van der Waals surface area contributed by atoms with Gasteiger partial charge in [-0.15, -0.1) is 0 Å². The molecule has 3 amide bonds. The molecule has 1 aliphatic carbocycles. The van der Waals surface area contributed by atoms with Crippen LogP contribution in [0.15, 0.2) is 60.7 Å². The number of ether oxygens (including phenoxy) is 2. The van der Waals surface area contributed by atoms with E-state index >= 15 is 0 Å². The summed E-state index contributed by atoms with van der Waals surface area (Å²) in [7, 11) is 0. The number of carbonyl (C=O) groups excluding carboxylic acids is 3. The molecule has 3 aromatic rings. The van der Waals surface area contributed by atoms with Gasteiger partial charge in [-0.05, 0) is 68.1 Å². The summed E-state index contributed by atoms with van der Waals surface area (Å²) in [5.41, 5.74) is 3.85. The van der Waals surface area contributed by atoms with Gasteiger partial charge < -0.3 is 35.0 Å². The molecule has 6 rings (SSSR count). The number of amides is 3. The van der Waals surface area contributed by atoms with E-state index in [1.54, 1.807) is 30.3 Å². The Kier molecular flexibility index (Phi) is 9.09. The third-order valence-corrected chi connectivity index (χ3v) is 8.90. The summed E-state index contributed by atoms with van der Waals surface area (Å²) >= 11 is 0. The molecule has 11 heteroatoms. The van der Waals surface area contributed by atoms with Crippen LogP contribution in [0.25, 0.3) is 0 Å². The third kappa shape index (κ3) is 6.93. The molecule has 240 valence electrons. The highest BCUT2D eigenvalue weighted by Crippen LogP contribution is 2.34. The largest absolute Gasteiger partial charge is 0.481 e. The highest BCUT2D eigenvalue weighted by molar-refractivity contribution is 6.01. The molecule has 3 N–H and O–H groups in total. The highest BCUT2D eigenvalue weighted by Gasteiger charge is 2.28. The second-order valence-corrected chi connectivity index (χ2v) is 12.1. The summed E-state index contributed by atoms with van der Waals surface area (Å²) in [5, 5.41) is 15.5. The quantitative estimate of drug-likeness (QED) is 0.309. The number of fused-ring (bicyclic) bond motifs is 1. The molecule has 46 heavy (non-hydrogen) atoms. The number of nitrogens with one attached hydrogen (secondary N) is 2. The Morgan fingerprint density at radius 2 is 1.63 bits per heavy atom. The lowest BCUT2D eigenvalue weighted by atomic mass is 9.85. The highest BCUT2D eigenvalue weighted by atomic mass is 16.7. The van der Waals surface area contributed by atoms with E-state index in [0.29, 0.717) is 66.5 Å². The molecule has 2 heterocycles. The van der Waals surface area contributed by atoms with Crippen LogP contribution in [0.1, 0.15) is 70.0 Å². The molecule has 3 aliphatic rings. The molecule has 1 unspecified atom stereocenters. The van der Waals surface area contributed by atoms with Gasteiger partial charge in [0.05, 0.1) is 23.8 Å². The Labute approximate surface area is 267 Å². The number of aryl methyl sites for hydroxylation is 1. The average molecular weight is 627 g/mol. The first-order chi connectivity index (χ1) is 22.2. The lowest BCUT2D eigenvalue weighted by Gasteiger charge is -2.29. The van der Waals surface area contributed by atoms with Crippen molar-refractivity contribution in [2.24, 2.45) is 5.92 Å². The number of benzene rings is 3. The van der Waals surface area contributed by atoms with E-state index in [-0.39, 0.29) is 30.9 Å². The molecule has 1 saturated heterocycles. The van der Waals surface area contributed by atoms with Crippen LogP contribution in [0, 0.1) is 12.8 Å². The van der Waals surface area contributed by atoms with Gasteiger partial charge in [0.1, 0.15) is 0 Å². The minimum Gasteiger partial charge on any atom is -0.481 e. The van der Waals surface area contributed by atoms with Gasteiger partial charge in [0.25, 0.3) is 11.8 Å². The molecule has 1 saturated carbocycles. The Balaban J connectivity index is 1.21. The van der Waals surface area contributed by atoms with Gasteiger partial charge >= 0.3 is 5.97 Å².